The summed E-state index contributed by atoms with van der Waals surface area (Å²) in [6.45, 7) is 0.399. The first-order chi connectivity index (χ1) is 12.5. The SMILES string of the molecule is NC1CC2CCCC(C1)C2NC(=O)C1CC(=O)N(c2ccccc2Cl)C1. The summed E-state index contributed by atoms with van der Waals surface area (Å²) in [4.78, 5) is 27.0. The lowest BCUT2D eigenvalue weighted by molar-refractivity contribution is -0.128. The highest BCUT2D eigenvalue weighted by molar-refractivity contribution is 6.33. The summed E-state index contributed by atoms with van der Waals surface area (Å²) in [7, 11) is 0. The first-order valence-electron chi connectivity index (χ1n) is 9.63. The minimum Gasteiger partial charge on any atom is -0.353 e. The predicted molar refractivity (Wildman–Crippen MR) is 102 cm³/mol. The number of hydrogen-bond acceptors (Lipinski definition) is 3. The molecule has 1 aromatic rings. The second-order valence-corrected chi connectivity index (χ2v) is 8.48. The van der Waals surface area contributed by atoms with Crippen molar-refractivity contribution in [3.05, 3.63) is 29.3 Å². The second-order valence-electron chi connectivity index (χ2n) is 8.07. The Morgan fingerprint density at radius 3 is 2.58 bits per heavy atom. The summed E-state index contributed by atoms with van der Waals surface area (Å²) >= 11 is 6.22. The van der Waals surface area contributed by atoms with Gasteiger partial charge in [-0.2, -0.15) is 0 Å². The number of para-hydroxylation sites is 1. The fourth-order valence-electron chi connectivity index (χ4n) is 5.09. The first-order valence-corrected chi connectivity index (χ1v) is 10.0. The van der Waals surface area contributed by atoms with Gasteiger partial charge in [-0.05, 0) is 49.7 Å². The topological polar surface area (TPSA) is 75.4 Å². The number of rotatable bonds is 3. The summed E-state index contributed by atoms with van der Waals surface area (Å²) in [6.07, 6.45) is 5.76. The molecule has 140 valence electrons. The number of carbonyl (C=O) groups is 2. The molecule has 2 bridgehead atoms. The van der Waals surface area contributed by atoms with Gasteiger partial charge in [0, 0.05) is 25.0 Å². The normalized spacial score (nSPS) is 34.0. The van der Waals surface area contributed by atoms with E-state index in [9.17, 15) is 9.59 Å². The predicted octanol–water partition coefficient (Wildman–Crippen LogP) is 2.72. The Balaban J connectivity index is 1.43. The van der Waals surface area contributed by atoms with Gasteiger partial charge in [-0.1, -0.05) is 30.2 Å². The van der Waals surface area contributed by atoms with Crippen LogP contribution in [0.1, 0.15) is 38.5 Å². The van der Waals surface area contributed by atoms with E-state index in [1.807, 2.05) is 18.2 Å². The molecular formula is C20H26ClN3O2. The molecule has 4 rings (SSSR count). The van der Waals surface area contributed by atoms with E-state index in [1.54, 1.807) is 11.0 Å². The number of anilines is 1. The van der Waals surface area contributed by atoms with Gasteiger partial charge >= 0.3 is 0 Å². The maximum atomic E-state index is 12.9. The third kappa shape index (κ3) is 3.35. The quantitative estimate of drug-likeness (QED) is 0.852. The number of nitrogens with zero attached hydrogens (tertiary/aromatic N) is 1. The van der Waals surface area contributed by atoms with Crippen LogP contribution in [0.2, 0.25) is 5.02 Å². The molecule has 1 aromatic carbocycles. The van der Waals surface area contributed by atoms with E-state index in [2.05, 4.69) is 5.32 Å². The number of halogens is 1. The average molecular weight is 376 g/mol. The number of nitrogens with one attached hydrogen (secondary N) is 1. The lowest BCUT2D eigenvalue weighted by Crippen LogP contribution is -2.54. The molecule has 26 heavy (non-hydrogen) atoms. The van der Waals surface area contributed by atoms with E-state index in [4.69, 9.17) is 17.3 Å². The van der Waals surface area contributed by atoms with Crippen molar-refractivity contribution in [3.63, 3.8) is 0 Å². The standard InChI is InChI=1S/C20H26ClN3O2/c21-16-6-1-2-7-17(16)24-11-14(10-18(24)25)20(26)23-19-12-4-3-5-13(19)9-15(22)8-12/h1-2,6-7,12-15,19H,3-5,8-11,22H2,(H,23,26). The molecule has 3 fully saturated rings. The van der Waals surface area contributed by atoms with Crippen molar-refractivity contribution in [2.45, 2.75) is 50.6 Å². The zero-order valence-corrected chi connectivity index (χ0v) is 15.6. The smallest absolute Gasteiger partial charge is 0.227 e. The van der Waals surface area contributed by atoms with Crippen molar-refractivity contribution in [2.75, 3.05) is 11.4 Å². The van der Waals surface area contributed by atoms with E-state index in [1.165, 1.54) is 6.42 Å². The van der Waals surface area contributed by atoms with Gasteiger partial charge in [0.25, 0.3) is 0 Å². The summed E-state index contributed by atoms with van der Waals surface area (Å²) < 4.78 is 0. The Morgan fingerprint density at radius 2 is 1.88 bits per heavy atom. The van der Waals surface area contributed by atoms with Crippen LogP contribution in [0.3, 0.4) is 0 Å². The Labute approximate surface area is 159 Å². The zero-order valence-electron chi connectivity index (χ0n) is 14.9. The Kier molecular flexibility index (Phi) is 4.93. The van der Waals surface area contributed by atoms with Crippen LogP contribution in [0.25, 0.3) is 0 Å². The molecule has 0 aromatic heterocycles. The number of benzene rings is 1. The number of carbonyl (C=O) groups excluding carboxylic acids is 2. The van der Waals surface area contributed by atoms with Gasteiger partial charge in [-0.15, -0.1) is 0 Å². The fraction of sp³-hybridized carbons (Fsp3) is 0.600. The summed E-state index contributed by atoms with van der Waals surface area (Å²) in [5.74, 6) is 0.626. The van der Waals surface area contributed by atoms with Crippen LogP contribution >= 0.6 is 11.6 Å². The van der Waals surface area contributed by atoms with Crippen molar-refractivity contribution >= 4 is 29.1 Å². The molecule has 2 saturated carbocycles. The first kappa shape index (κ1) is 17.8. The lowest BCUT2D eigenvalue weighted by atomic mass is 9.67. The molecular weight excluding hydrogens is 350 g/mol. The van der Waals surface area contributed by atoms with Crippen LogP contribution in [0.4, 0.5) is 5.69 Å². The van der Waals surface area contributed by atoms with Gasteiger partial charge in [0.05, 0.1) is 16.6 Å². The maximum Gasteiger partial charge on any atom is 0.227 e. The van der Waals surface area contributed by atoms with E-state index >= 15 is 0 Å². The third-order valence-electron chi connectivity index (χ3n) is 6.32. The highest BCUT2D eigenvalue weighted by atomic mass is 35.5. The van der Waals surface area contributed by atoms with Gasteiger partial charge in [0.1, 0.15) is 0 Å². The Morgan fingerprint density at radius 1 is 1.19 bits per heavy atom. The number of nitrogens with two attached hydrogens (primary N) is 1. The van der Waals surface area contributed by atoms with Crippen molar-refractivity contribution in [1.29, 1.82) is 0 Å². The molecule has 3 aliphatic rings. The minimum atomic E-state index is -0.310. The molecule has 1 aliphatic heterocycles. The largest absolute Gasteiger partial charge is 0.353 e. The molecule has 3 N–H and O–H groups in total. The van der Waals surface area contributed by atoms with Crippen LogP contribution in [0, 0.1) is 17.8 Å². The third-order valence-corrected chi connectivity index (χ3v) is 6.64. The number of amides is 2. The van der Waals surface area contributed by atoms with Crippen molar-refractivity contribution in [1.82, 2.24) is 5.32 Å². The molecule has 2 aliphatic carbocycles. The average Bonchev–Trinajstić information content (AvgIpc) is 2.98. The van der Waals surface area contributed by atoms with Gasteiger partial charge < -0.3 is 16.0 Å². The van der Waals surface area contributed by atoms with Crippen molar-refractivity contribution < 1.29 is 9.59 Å². The molecule has 0 radical (unpaired) electrons. The van der Waals surface area contributed by atoms with E-state index < -0.39 is 0 Å². The Bertz CT molecular complexity index is 696. The monoisotopic (exact) mass is 375 g/mol. The van der Waals surface area contributed by atoms with Crippen molar-refractivity contribution in [2.24, 2.45) is 23.5 Å². The van der Waals surface area contributed by atoms with Gasteiger partial charge in [-0.3, -0.25) is 9.59 Å². The molecule has 3 atom stereocenters. The van der Waals surface area contributed by atoms with E-state index in [0.717, 1.165) is 25.7 Å². The molecule has 5 nitrogen and oxygen atoms in total. The molecule has 1 saturated heterocycles. The summed E-state index contributed by atoms with van der Waals surface area (Å²) in [6, 6.07) is 7.78. The molecule has 6 heteroatoms. The van der Waals surface area contributed by atoms with Gasteiger partial charge in [-0.25, -0.2) is 0 Å². The van der Waals surface area contributed by atoms with Crippen LogP contribution in [0.15, 0.2) is 24.3 Å². The van der Waals surface area contributed by atoms with E-state index in [0.29, 0.717) is 29.1 Å². The Hall–Kier alpha value is -1.59. The molecule has 2 amide bonds. The summed E-state index contributed by atoms with van der Waals surface area (Å²) in [5.41, 5.74) is 6.87. The van der Waals surface area contributed by atoms with Crippen LogP contribution in [-0.2, 0) is 9.59 Å². The second kappa shape index (κ2) is 7.20. The van der Waals surface area contributed by atoms with Crippen LogP contribution < -0.4 is 16.0 Å². The highest BCUT2D eigenvalue weighted by Crippen LogP contribution is 2.40. The maximum absolute atomic E-state index is 12.9. The van der Waals surface area contributed by atoms with E-state index in [-0.39, 0.29) is 36.2 Å². The number of fused-ring (bicyclic) bond motifs is 2. The van der Waals surface area contributed by atoms with Gasteiger partial charge in [0.2, 0.25) is 11.8 Å². The summed E-state index contributed by atoms with van der Waals surface area (Å²) in [5, 5.41) is 3.82. The molecule has 0 spiro atoms. The lowest BCUT2D eigenvalue weighted by Gasteiger charge is -2.45. The van der Waals surface area contributed by atoms with Crippen LogP contribution in [0.5, 0.6) is 0 Å². The zero-order chi connectivity index (χ0) is 18.3. The fourth-order valence-corrected chi connectivity index (χ4v) is 5.33. The minimum absolute atomic E-state index is 0.00488. The highest BCUT2D eigenvalue weighted by Gasteiger charge is 2.42. The number of hydrogen-bond donors (Lipinski definition) is 2. The van der Waals surface area contributed by atoms with Gasteiger partial charge in [0.15, 0.2) is 0 Å². The molecule has 1 heterocycles. The van der Waals surface area contributed by atoms with Crippen molar-refractivity contribution in [3.8, 4) is 0 Å². The van der Waals surface area contributed by atoms with Crippen LogP contribution in [-0.4, -0.2) is 30.4 Å². The molecule has 3 unspecified atom stereocenters.